The van der Waals surface area contributed by atoms with Gasteiger partial charge in [0.2, 0.25) is 10.0 Å². The Kier molecular flexibility index (Phi) is 5.88. The smallest absolute Gasteiger partial charge is 0.243 e. The maximum Gasteiger partial charge on any atom is 0.243 e. The summed E-state index contributed by atoms with van der Waals surface area (Å²) in [5.41, 5.74) is 6.66. The van der Waals surface area contributed by atoms with Gasteiger partial charge in [0, 0.05) is 41.8 Å². The summed E-state index contributed by atoms with van der Waals surface area (Å²) < 4.78 is 43.4. The van der Waals surface area contributed by atoms with Crippen LogP contribution in [0, 0.1) is 19.7 Å². The summed E-state index contributed by atoms with van der Waals surface area (Å²) in [6.45, 7) is 5.49. The highest BCUT2D eigenvalue weighted by molar-refractivity contribution is 7.89. The molecule has 1 aromatic heterocycles. The van der Waals surface area contributed by atoms with Crippen LogP contribution in [0.2, 0.25) is 0 Å². The fraction of sp³-hybridized carbons (Fsp3) is 0.214. The summed E-state index contributed by atoms with van der Waals surface area (Å²) in [5, 5.41) is 1.16. The first-order valence-electron chi connectivity index (χ1n) is 11.4. The van der Waals surface area contributed by atoms with Gasteiger partial charge in [0.05, 0.1) is 4.90 Å². The molecule has 3 aromatic carbocycles. The summed E-state index contributed by atoms with van der Waals surface area (Å²) in [6, 6.07) is 21.9. The highest BCUT2D eigenvalue weighted by Gasteiger charge is 2.28. The van der Waals surface area contributed by atoms with Crippen molar-refractivity contribution in [1.82, 2.24) is 8.87 Å². The molecular formula is C28H27FN2O2S. The highest BCUT2D eigenvalue weighted by Crippen LogP contribution is 2.35. The summed E-state index contributed by atoms with van der Waals surface area (Å²) in [6.07, 6.45) is 2.70. The summed E-state index contributed by atoms with van der Waals surface area (Å²) in [7, 11) is -3.52. The third-order valence-electron chi connectivity index (χ3n) is 6.64. The predicted molar refractivity (Wildman–Crippen MR) is 135 cm³/mol. The Morgan fingerprint density at radius 1 is 0.912 bits per heavy atom. The van der Waals surface area contributed by atoms with Crippen molar-refractivity contribution >= 4 is 26.5 Å². The Labute approximate surface area is 200 Å². The monoisotopic (exact) mass is 474 g/mol. The number of nitrogens with zero attached hydrogens (tertiary/aromatic N) is 2. The number of para-hydroxylation sites is 1. The van der Waals surface area contributed by atoms with Crippen LogP contribution < -0.4 is 0 Å². The first kappa shape index (κ1) is 22.6. The van der Waals surface area contributed by atoms with Crippen LogP contribution in [0.5, 0.6) is 0 Å². The molecule has 0 bridgehead atoms. The zero-order valence-electron chi connectivity index (χ0n) is 19.3. The Morgan fingerprint density at radius 3 is 2.29 bits per heavy atom. The molecule has 5 rings (SSSR count). The molecule has 0 aliphatic carbocycles. The van der Waals surface area contributed by atoms with Crippen LogP contribution in [0.15, 0.2) is 83.8 Å². The van der Waals surface area contributed by atoms with E-state index in [2.05, 4.69) is 23.6 Å². The molecule has 2 heterocycles. The van der Waals surface area contributed by atoms with Gasteiger partial charge in [0.15, 0.2) is 0 Å². The molecule has 0 spiro atoms. The topological polar surface area (TPSA) is 42.3 Å². The van der Waals surface area contributed by atoms with Crippen molar-refractivity contribution in [3.05, 3.63) is 107 Å². The molecule has 0 saturated heterocycles. The van der Waals surface area contributed by atoms with Crippen LogP contribution >= 0.6 is 0 Å². The Bertz CT molecular complexity index is 1480. The van der Waals surface area contributed by atoms with Crippen LogP contribution in [-0.4, -0.2) is 30.4 Å². The number of sulfonamides is 1. The molecule has 6 heteroatoms. The van der Waals surface area contributed by atoms with Gasteiger partial charge in [-0.2, -0.15) is 4.31 Å². The van der Waals surface area contributed by atoms with Gasteiger partial charge in [0.25, 0.3) is 0 Å². The number of aryl methyl sites for hydroxylation is 1. The van der Waals surface area contributed by atoms with E-state index in [1.807, 2.05) is 49.4 Å². The number of aromatic nitrogens is 1. The highest BCUT2D eigenvalue weighted by atomic mass is 32.2. The average molecular weight is 475 g/mol. The second-order valence-electron chi connectivity index (χ2n) is 8.85. The molecule has 0 atom stereocenters. The number of rotatable bonds is 5. The van der Waals surface area contributed by atoms with E-state index in [1.54, 1.807) is 16.4 Å². The number of benzene rings is 3. The molecule has 1 aliphatic rings. The molecule has 0 unspecified atom stereocenters. The lowest BCUT2D eigenvalue weighted by atomic mass is 9.97. The lowest BCUT2D eigenvalue weighted by Gasteiger charge is -2.26. The number of hydrogen-bond acceptors (Lipinski definition) is 2. The van der Waals surface area contributed by atoms with E-state index in [0.717, 1.165) is 27.7 Å². The van der Waals surface area contributed by atoms with Crippen LogP contribution in [0.25, 0.3) is 16.5 Å². The average Bonchev–Trinajstić information content (AvgIpc) is 3.12. The SMILES string of the molecule is Cc1ccc(S(=O)(=O)N2CC=C(c3c(C)n(Cc4ccc(F)cc4)c4ccccc34)CC2)cc1. The van der Waals surface area contributed by atoms with Gasteiger partial charge >= 0.3 is 0 Å². The Morgan fingerprint density at radius 2 is 1.62 bits per heavy atom. The minimum Gasteiger partial charge on any atom is -0.340 e. The molecule has 0 radical (unpaired) electrons. The van der Waals surface area contributed by atoms with E-state index < -0.39 is 10.0 Å². The molecule has 34 heavy (non-hydrogen) atoms. The standard InChI is InChI=1S/C28H27FN2O2S/c1-20-7-13-25(14-8-20)34(32,33)30-17-15-23(16-18-30)28-21(2)31(27-6-4-3-5-26(27)28)19-22-9-11-24(29)12-10-22/h3-15H,16-19H2,1-2H3. The molecular weight excluding hydrogens is 447 g/mol. The van der Waals surface area contributed by atoms with E-state index in [0.29, 0.717) is 31.0 Å². The van der Waals surface area contributed by atoms with Gasteiger partial charge < -0.3 is 4.57 Å². The summed E-state index contributed by atoms with van der Waals surface area (Å²) in [5.74, 6) is -0.240. The normalized spacial score (nSPS) is 15.0. The molecule has 0 saturated carbocycles. The largest absolute Gasteiger partial charge is 0.340 e. The Balaban J connectivity index is 1.48. The predicted octanol–water partition coefficient (Wildman–Crippen LogP) is 5.92. The first-order chi connectivity index (χ1) is 16.3. The fourth-order valence-corrected chi connectivity index (χ4v) is 6.15. The summed E-state index contributed by atoms with van der Waals surface area (Å²) in [4.78, 5) is 0.335. The fourth-order valence-electron chi connectivity index (χ4n) is 4.77. The van der Waals surface area contributed by atoms with Gasteiger partial charge in [-0.1, -0.05) is 54.1 Å². The van der Waals surface area contributed by atoms with Crippen molar-refractivity contribution < 1.29 is 12.8 Å². The van der Waals surface area contributed by atoms with Gasteiger partial charge in [-0.15, -0.1) is 0 Å². The lowest BCUT2D eigenvalue weighted by molar-refractivity contribution is 0.441. The molecule has 0 N–H and O–H groups in total. The van der Waals surface area contributed by atoms with Crippen molar-refractivity contribution in [3.8, 4) is 0 Å². The molecule has 4 nitrogen and oxygen atoms in total. The van der Waals surface area contributed by atoms with Gasteiger partial charge in [0.1, 0.15) is 5.82 Å². The molecule has 0 fully saturated rings. The maximum absolute atomic E-state index is 13.4. The van der Waals surface area contributed by atoms with Gasteiger partial charge in [-0.3, -0.25) is 0 Å². The van der Waals surface area contributed by atoms with E-state index in [4.69, 9.17) is 0 Å². The van der Waals surface area contributed by atoms with Crippen LogP contribution in [-0.2, 0) is 16.6 Å². The van der Waals surface area contributed by atoms with Gasteiger partial charge in [-0.05, 0) is 61.7 Å². The minimum atomic E-state index is -3.52. The zero-order valence-corrected chi connectivity index (χ0v) is 20.1. The van der Waals surface area contributed by atoms with Crippen molar-refractivity contribution in [3.63, 3.8) is 0 Å². The first-order valence-corrected chi connectivity index (χ1v) is 12.9. The third kappa shape index (κ3) is 4.08. The van der Waals surface area contributed by atoms with E-state index in [1.165, 1.54) is 23.3 Å². The Hall–Kier alpha value is -3.22. The van der Waals surface area contributed by atoms with Crippen LogP contribution in [0.1, 0.15) is 28.8 Å². The third-order valence-corrected chi connectivity index (χ3v) is 8.52. The minimum absolute atomic E-state index is 0.240. The molecule has 0 amide bonds. The van der Waals surface area contributed by atoms with Crippen molar-refractivity contribution in [2.24, 2.45) is 0 Å². The lowest BCUT2D eigenvalue weighted by Crippen LogP contribution is -2.34. The van der Waals surface area contributed by atoms with E-state index in [-0.39, 0.29) is 5.82 Å². The van der Waals surface area contributed by atoms with Crippen molar-refractivity contribution in [1.29, 1.82) is 0 Å². The second kappa shape index (κ2) is 8.85. The maximum atomic E-state index is 13.4. The van der Waals surface area contributed by atoms with Crippen LogP contribution in [0.3, 0.4) is 0 Å². The van der Waals surface area contributed by atoms with Gasteiger partial charge in [-0.25, -0.2) is 12.8 Å². The molecule has 1 aliphatic heterocycles. The molecule has 4 aromatic rings. The number of hydrogen-bond donors (Lipinski definition) is 0. The van der Waals surface area contributed by atoms with Crippen molar-refractivity contribution in [2.75, 3.05) is 13.1 Å². The number of fused-ring (bicyclic) bond motifs is 1. The summed E-state index contributed by atoms with van der Waals surface area (Å²) >= 11 is 0. The van der Waals surface area contributed by atoms with Crippen LogP contribution in [0.4, 0.5) is 4.39 Å². The van der Waals surface area contributed by atoms with E-state index in [9.17, 15) is 12.8 Å². The quantitative estimate of drug-likeness (QED) is 0.360. The second-order valence-corrected chi connectivity index (χ2v) is 10.8. The van der Waals surface area contributed by atoms with Crippen molar-refractivity contribution in [2.45, 2.75) is 31.7 Å². The number of halogens is 1. The zero-order chi connectivity index (χ0) is 23.9. The molecule has 174 valence electrons. The van der Waals surface area contributed by atoms with E-state index >= 15 is 0 Å².